The van der Waals surface area contributed by atoms with Gasteiger partial charge in [-0.1, -0.05) is 0 Å². The van der Waals surface area contributed by atoms with Gasteiger partial charge in [-0.3, -0.25) is 9.78 Å². The van der Waals surface area contributed by atoms with Gasteiger partial charge in [-0.05, 0) is 38.3 Å². The molecule has 2 aliphatic rings. The molecular weight excluding hydrogens is 324 g/mol. The highest BCUT2D eigenvalue weighted by molar-refractivity contribution is 5.82. The van der Waals surface area contributed by atoms with Crippen molar-refractivity contribution in [3.8, 4) is 5.75 Å². The fraction of sp³-hybridized carbons (Fsp3) is 0.611. The first-order valence-electron chi connectivity index (χ1n) is 8.76. The number of aliphatic carboxylic acids is 1. The number of aryl methyl sites for hydroxylation is 1. The molecule has 0 radical (unpaired) electrons. The molecule has 3 rings (SSSR count). The van der Waals surface area contributed by atoms with Crippen LogP contribution in [0.2, 0.25) is 0 Å². The van der Waals surface area contributed by atoms with E-state index in [1.165, 1.54) is 6.20 Å². The van der Waals surface area contributed by atoms with E-state index in [9.17, 15) is 14.7 Å². The third kappa shape index (κ3) is 3.92. The van der Waals surface area contributed by atoms with Gasteiger partial charge in [-0.2, -0.15) is 0 Å². The quantitative estimate of drug-likeness (QED) is 0.892. The minimum absolute atomic E-state index is 0.0318. The molecule has 0 aliphatic carbocycles. The number of carbonyl (C=O) groups excluding carboxylic acids is 1. The Morgan fingerprint density at radius 1 is 1.32 bits per heavy atom. The average molecular weight is 348 g/mol. The zero-order valence-electron chi connectivity index (χ0n) is 14.4. The Morgan fingerprint density at radius 3 is 2.64 bits per heavy atom. The summed E-state index contributed by atoms with van der Waals surface area (Å²) in [5.41, 5.74) is -0.481. The highest BCUT2D eigenvalue weighted by Crippen LogP contribution is 2.30. The summed E-state index contributed by atoms with van der Waals surface area (Å²) < 4.78 is 11.4. The predicted molar refractivity (Wildman–Crippen MR) is 89.4 cm³/mol. The largest absolute Gasteiger partial charge is 0.478 e. The number of carboxylic acid groups (broad SMARTS) is 1. The number of carbonyl (C=O) groups is 2. The zero-order chi connectivity index (χ0) is 17.9. The van der Waals surface area contributed by atoms with Crippen molar-refractivity contribution in [3.63, 3.8) is 0 Å². The van der Waals surface area contributed by atoms with Gasteiger partial charge in [-0.25, -0.2) is 4.79 Å². The third-order valence-corrected chi connectivity index (χ3v) is 4.93. The van der Waals surface area contributed by atoms with Crippen LogP contribution in [0.3, 0.4) is 0 Å². The first kappa shape index (κ1) is 17.7. The van der Waals surface area contributed by atoms with Gasteiger partial charge in [0.05, 0.1) is 6.20 Å². The molecule has 1 aromatic heterocycles. The molecule has 1 aromatic rings. The molecule has 0 spiro atoms. The van der Waals surface area contributed by atoms with Crippen LogP contribution in [-0.2, 0) is 14.3 Å². The monoisotopic (exact) mass is 348 g/mol. The van der Waals surface area contributed by atoms with Crippen LogP contribution < -0.4 is 4.74 Å². The maximum atomic E-state index is 12.5. The smallest absolute Gasteiger partial charge is 0.348 e. The molecule has 1 amide bonds. The van der Waals surface area contributed by atoms with Crippen molar-refractivity contribution in [1.82, 2.24) is 9.88 Å². The first-order chi connectivity index (χ1) is 12.0. The van der Waals surface area contributed by atoms with E-state index in [2.05, 4.69) is 4.98 Å². The molecule has 0 bridgehead atoms. The summed E-state index contributed by atoms with van der Waals surface area (Å²) in [7, 11) is 0. The summed E-state index contributed by atoms with van der Waals surface area (Å²) in [5.74, 6) is -0.604. The van der Waals surface area contributed by atoms with Crippen molar-refractivity contribution in [1.29, 1.82) is 0 Å². The molecular formula is C18H24N2O5. The van der Waals surface area contributed by atoms with Crippen LogP contribution in [-0.4, -0.2) is 58.3 Å². The van der Waals surface area contributed by atoms with E-state index in [4.69, 9.17) is 9.47 Å². The summed E-state index contributed by atoms with van der Waals surface area (Å²) >= 11 is 0. The fourth-order valence-electron chi connectivity index (χ4n) is 3.33. The Bertz CT molecular complexity index is 617. The topological polar surface area (TPSA) is 89.0 Å². The second-order valence-electron chi connectivity index (χ2n) is 6.72. The number of carboxylic acids is 1. The van der Waals surface area contributed by atoms with Gasteiger partial charge >= 0.3 is 5.97 Å². The Morgan fingerprint density at radius 2 is 2.08 bits per heavy atom. The molecule has 2 fully saturated rings. The number of hydrogen-bond acceptors (Lipinski definition) is 5. The van der Waals surface area contributed by atoms with Crippen LogP contribution >= 0.6 is 0 Å². The lowest BCUT2D eigenvalue weighted by molar-refractivity contribution is -0.164. The molecule has 25 heavy (non-hydrogen) atoms. The zero-order valence-corrected chi connectivity index (χ0v) is 14.4. The SMILES string of the molecule is Cc1ccc(OC2(C(=O)O)CCN(C(=O)C3CCCCO3)CC2)cn1. The lowest BCUT2D eigenvalue weighted by Crippen LogP contribution is -2.56. The second-order valence-corrected chi connectivity index (χ2v) is 6.72. The molecule has 0 aromatic carbocycles. The Labute approximate surface area is 146 Å². The predicted octanol–water partition coefficient (Wildman–Crippen LogP) is 1.78. The molecule has 136 valence electrons. The number of nitrogens with zero attached hydrogens (tertiary/aromatic N) is 2. The Balaban J connectivity index is 1.64. The van der Waals surface area contributed by atoms with Crippen molar-refractivity contribution in [2.45, 2.75) is 50.7 Å². The number of piperidine rings is 1. The maximum Gasteiger partial charge on any atom is 0.348 e. The first-order valence-corrected chi connectivity index (χ1v) is 8.76. The highest BCUT2D eigenvalue weighted by atomic mass is 16.5. The van der Waals surface area contributed by atoms with E-state index >= 15 is 0 Å². The Kier molecular flexibility index (Phi) is 5.22. The van der Waals surface area contributed by atoms with Crippen LogP contribution in [0.25, 0.3) is 0 Å². The van der Waals surface area contributed by atoms with E-state index < -0.39 is 11.6 Å². The highest BCUT2D eigenvalue weighted by Gasteiger charge is 2.45. The average Bonchev–Trinajstić information content (AvgIpc) is 2.64. The summed E-state index contributed by atoms with van der Waals surface area (Å²) in [6.07, 6.45) is 4.37. The normalized spacial score (nSPS) is 23.1. The summed E-state index contributed by atoms with van der Waals surface area (Å²) in [6.45, 7) is 3.18. The lowest BCUT2D eigenvalue weighted by Gasteiger charge is -2.40. The fourth-order valence-corrected chi connectivity index (χ4v) is 3.33. The van der Waals surface area contributed by atoms with E-state index in [1.54, 1.807) is 17.0 Å². The molecule has 3 heterocycles. The third-order valence-electron chi connectivity index (χ3n) is 4.93. The summed E-state index contributed by atoms with van der Waals surface area (Å²) in [5, 5.41) is 9.70. The number of rotatable bonds is 4. The van der Waals surface area contributed by atoms with Crippen molar-refractivity contribution < 1.29 is 24.2 Å². The van der Waals surface area contributed by atoms with Crippen molar-refractivity contribution >= 4 is 11.9 Å². The van der Waals surface area contributed by atoms with Crippen LogP contribution in [0, 0.1) is 6.92 Å². The molecule has 1 atom stereocenters. The van der Waals surface area contributed by atoms with Gasteiger partial charge in [-0.15, -0.1) is 0 Å². The van der Waals surface area contributed by atoms with Gasteiger partial charge in [0.25, 0.3) is 5.91 Å². The van der Waals surface area contributed by atoms with Gasteiger partial charge in [0.2, 0.25) is 5.60 Å². The van der Waals surface area contributed by atoms with Gasteiger partial charge in [0.15, 0.2) is 0 Å². The van der Waals surface area contributed by atoms with Gasteiger partial charge in [0.1, 0.15) is 11.9 Å². The molecule has 0 saturated carbocycles. The van der Waals surface area contributed by atoms with Crippen LogP contribution in [0.5, 0.6) is 5.75 Å². The number of aromatic nitrogens is 1. The van der Waals surface area contributed by atoms with Crippen molar-refractivity contribution in [2.24, 2.45) is 0 Å². The number of pyridine rings is 1. The number of ether oxygens (including phenoxy) is 2. The molecule has 7 nitrogen and oxygen atoms in total. The van der Waals surface area contributed by atoms with Crippen molar-refractivity contribution in [3.05, 3.63) is 24.0 Å². The Hall–Kier alpha value is -2.15. The van der Waals surface area contributed by atoms with Gasteiger partial charge in [0, 0.05) is 38.2 Å². The van der Waals surface area contributed by atoms with Gasteiger partial charge < -0.3 is 19.5 Å². The summed E-state index contributed by atoms with van der Waals surface area (Å²) in [4.78, 5) is 30.2. The van der Waals surface area contributed by atoms with Crippen LogP contribution in [0.4, 0.5) is 0 Å². The van der Waals surface area contributed by atoms with E-state index in [0.29, 0.717) is 25.4 Å². The number of likely N-dealkylation sites (tertiary alicyclic amines) is 1. The van der Waals surface area contributed by atoms with E-state index in [1.807, 2.05) is 6.92 Å². The molecule has 7 heteroatoms. The number of amides is 1. The van der Waals surface area contributed by atoms with Crippen LogP contribution in [0.1, 0.15) is 37.8 Å². The minimum Gasteiger partial charge on any atom is -0.478 e. The standard InChI is InChI=1S/C18H24N2O5/c1-13-5-6-14(12-19-13)25-18(17(22)23)7-9-20(10-8-18)16(21)15-4-2-3-11-24-15/h5-6,12,15H,2-4,7-11H2,1H3,(H,22,23). The summed E-state index contributed by atoms with van der Waals surface area (Å²) in [6, 6.07) is 3.50. The second kappa shape index (κ2) is 7.39. The van der Waals surface area contributed by atoms with E-state index in [-0.39, 0.29) is 24.9 Å². The lowest BCUT2D eigenvalue weighted by atomic mass is 9.90. The maximum absolute atomic E-state index is 12.5. The van der Waals surface area contributed by atoms with Crippen molar-refractivity contribution in [2.75, 3.05) is 19.7 Å². The van der Waals surface area contributed by atoms with E-state index in [0.717, 1.165) is 25.0 Å². The minimum atomic E-state index is -1.32. The molecule has 1 unspecified atom stereocenters. The molecule has 2 saturated heterocycles. The molecule has 1 N–H and O–H groups in total. The van der Waals surface area contributed by atoms with Crippen LogP contribution in [0.15, 0.2) is 18.3 Å². The number of hydrogen-bond donors (Lipinski definition) is 1. The molecule has 2 aliphatic heterocycles.